The summed E-state index contributed by atoms with van der Waals surface area (Å²) in [4.78, 5) is 25.9. The van der Waals surface area contributed by atoms with E-state index in [-0.39, 0.29) is 11.5 Å². The third-order valence-corrected chi connectivity index (χ3v) is 3.57. The Bertz CT molecular complexity index is 703. The van der Waals surface area contributed by atoms with E-state index in [0.29, 0.717) is 12.1 Å². The summed E-state index contributed by atoms with van der Waals surface area (Å²) in [6.45, 7) is 4.69. The Morgan fingerprint density at radius 1 is 1.24 bits per heavy atom. The number of benzene rings is 1. The van der Waals surface area contributed by atoms with Crippen LogP contribution >= 0.6 is 0 Å². The van der Waals surface area contributed by atoms with Gasteiger partial charge in [-0.3, -0.25) is 4.79 Å². The van der Waals surface area contributed by atoms with Crippen LogP contribution in [0.1, 0.15) is 42.1 Å². The van der Waals surface area contributed by atoms with Crippen molar-refractivity contribution in [2.75, 3.05) is 13.6 Å². The lowest BCUT2D eigenvalue weighted by atomic mass is 10.1. The molecule has 4 nitrogen and oxygen atoms in total. The fourth-order valence-corrected chi connectivity index (χ4v) is 2.27. The van der Waals surface area contributed by atoms with E-state index in [1.165, 1.54) is 0 Å². The molecule has 0 aliphatic carbocycles. The minimum absolute atomic E-state index is 0.102. The fourth-order valence-electron chi connectivity index (χ4n) is 2.27. The maximum atomic E-state index is 12.3. The van der Waals surface area contributed by atoms with Gasteiger partial charge in [-0.2, -0.15) is 0 Å². The van der Waals surface area contributed by atoms with Gasteiger partial charge < -0.3 is 9.32 Å². The van der Waals surface area contributed by atoms with Crippen molar-refractivity contribution in [1.29, 1.82) is 0 Å². The van der Waals surface area contributed by atoms with Gasteiger partial charge in [0.2, 0.25) is 0 Å². The predicted octanol–water partition coefficient (Wildman–Crippen LogP) is 3.36. The lowest BCUT2D eigenvalue weighted by molar-refractivity contribution is 0.0788. The van der Waals surface area contributed by atoms with Gasteiger partial charge in [-0.1, -0.05) is 31.9 Å². The first-order chi connectivity index (χ1) is 10.0. The van der Waals surface area contributed by atoms with Crippen molar-refractivity contribution >= 4 is 16.9 Å². The van der Waals surface area contributed by atoms with Crippen LogP contribution in [-0.2, 0) is 0 Å². The Kier molecular flexibility index (Phi) is 4.78. The van der Waals surface area contributed by atoms with Gasteiger partial charge in [0.15, 0.2) is 0 Å². The molecule has 2 rings (SSSR count). The first kappa shape index (κ1) is 15.3. The minimum Gasteiger partial charge on any atom is -0.422 e. The van der Waals surface area contributed by atoms with E-state index >= 15 is 0 Å². The number of rotatable bonds is 5. The summed E-state index contributed by atoms with van der Waals surface area (Å²) in [5, 5.41) is 0.769. The predicted molar refractivity (Wildman–Crippen MR) is 83.7 cm³/mol. The zero-order chi connectivity index (χ0) is 15.4. The molecule has 0 bridgehead atoms. The number of hydrogen-bond acceptors (Lipinski definition) is 3. The number of carbonyl (C=O) groups excluding carboxylic acids is 1. The molecule has 0 atom stereocenters. The largest absolute Gasteiger partial charge is 0.422 e. The van der Waals surface area contributed by atoms with Crippen molar-refractivity contribution in [1.82, 2.24) is 4.90 Å². The molecule has 0 aliphatic rings. The van der Waals surface area contributed by atoms with E-state index in [1.54, 1.807) is 24.1 Å². The Morgan fingerprint density at radius 3 is 2.71 bits per heavy atom. The topological polar surface area (TPSA) is 50.5 Å². The molecule has 1 aromatic heterocycles. The van der Waals surface area contributed by atoms with Crippen LogP contribution < -0.4 is 5.63 Å². The number of unbranched alkanes of at least 4 members (excludes halogenated alkanes) is 2. The molecule has 1 heterocycles. The highest BCUT2D eigenvalue weighted by Gasteiger charge is 2.17. The molecule has 4 heteroatoms. The number of aryl methyl sites for hydroxylation is 1. The first-order valence-corrected chi connectivity index (χ1v) is 7.33. The van der Waals surface area contributed by atoms with Crippen molar-refractivity contribution in [2.45, 2.75) is 33.1 Å². The second kappa shape index (κ2) is 6.57. The minimum atomic E-state index is -0.569. The van der Waals surface area contributed by atoms with Crippen LogP contribution in [0.4, 0.5) is 0 Å². The molecule has 1 amide bonds. The summed E-state index contributed by atoms with van der Waals surface area (Å²) < 4.78 is 5.27. The van der Waals surface area contributed by atoms with Crippen molar-refractivity contribution in [3.8, 4) is 0 Å². The van der Waals surface area contributed by atoms with Crippen LogP contribution in [0.15, 0.2) is 33.5 Å². The highest BCUT2D eigenvalue weighted by Crippen LogP contribution is 2.16. The molecule has 0 spiro atoms. The molecule has 1 aromatic carbocycles. The molecule has 0 saturated heterocycles. The quantitative estimate of drug-likeness (QED) is 0.626. The third-order valence-electron chi connectivity index (χ3n) is 3.57. The van der Waals surface area contributed by atoms with Crippen LogP contribution in [0.2, 0.25) is 0 Å². The van der Waals surface area contributed by atoms with E-state index in [0.717, 1.165) is 30.2 Å². The van der Waals surface area contributed by atoms with E-state index in [1.807, 2.05) is 19.1 Å². The lowest BCUT2D eigenvalue weighted by Crippen LogP contribution is -2.31. The maximum Gasteiger partial charge on any atom is 0.349 e. The molecule has 0 N–H and O–H groups in total. The van der Waals surface area contributed by atoms with Gasteiger partial charge in [0.25, 0.3) is 5.91 Å². The number of fused-ring (bicyclic) bond motifs is 1. The summed E-state index contributed by atoms with van der Waals surface area (Å²) >= 11 is 0. The highest BCUT2D eigenvalue weighted by molar-refractivity contribution is 5.96. The molecule has 0 unspecified atom stereocenters. The zero-order valence-corrected chi connectivity index (χ0v) is 12.8. The second-order valence-electron chi connectivity index (χ2n) is 5.42. The molecule has 21 heavy (non-hydrogen) atoms. The lowest BCUT2D eigenvalue weighted by Gasteiger charge is -2.16. The standard InChI is InChI=1S/C17H21NO3/c1-4-5-6-9-18(3)16(19)14-11-13-8-7-12(2)10-15(13)21-17(14)20/h7-8,10-11H,4-6,9H2,1-3H3. The van der Waals surface area contributed by atoms with Crippen molar-refractivity contribution < 1.29 is 9.21 Å². The van der Waals surface area contributed by atoms with Crippen LogP contribution in [0, 0.1) is 6.92 Å². The fraction of sp³-hybridized carbons (Fsp3) is 0.412. The summed E-state index contributed by atoms with van der Waals surface area (Å²) in [5.74, 6) is -0.276. The van der Waals surface area contributed by atoms with Crippen LogP contribution in [-0.4, -0.2) is 24.4 Å². The van der Waals surface area contributed by atoms with E-state index in [4.69, 9.17) is 4.42 Å². The summed E-state index contributed by atoms with van der Waals surface area (Å²) in [6.07, 6.45) is 3.11. The van der Waals surface area contributed by atoms with Gasteiger partial charge in [0.05, 0.1) is 0 Å². The second-order valence-corrected chi connectivity index (χ2v) is 5.42. The smallest absolute Gasteiger partial charge is 0.349 e. The highest BCUT2D eigenvalue weighted by atomic mass is 16.4. The molecule has 0 fully saturated rings. The van der Waals surface area contributed by atoms with Gasteiger partial charge in [0.1, 0.15) is 11.1 Å². The maximum absolute atomic E-state index is 12.3. The Morgan fingerprint density at radius 2 is 2.00 bits per heavy atom. The summed E-state index contributed by atoms with van der Waals surface area (Å²) in [7, 11) is 1.72. The average molecular weight is 287 g/mol. The monoisotopic (exact) mass is 287 g/mol. The zero-order valence-electron chi connectivity index (χ0n) is 12.8. The van der Waals surface area contributed by atoms with E-state index in [9.17, 15) is 9.59 Å². The summed E-state index contributed by atoms with van der Waals surface area (Å²) in [5.41, 5.74) is 1.07. The molecule has 0 aliphatic heterocycles. The van der Waals surface area contributed by atoms with Gasteiger partial charge >= 0.3 is 5.63 Å². The Labute approximate surface area is 124 Å². The molecule has 2 aromatic rings. The summed E-state index contributed by atoms with van der Waals surface area (Å²) in [6, 6.07) is 7.22. The van der Waals surface area contributed by atoms with E-state index < -0.39 is 5.63 Å². The van der Waals surface area contributed by atoms with Crippen molar-refractivity contribution in [3.05, 3.63) is 45.8 Å². The number of hydrogen-bond donors (Lipinski definition) is 0. The van der Waals surface area contributed by atoms with Crippen LogP contribution in [0.25, 0.3) is 11.0 Å². The average Bonchev–Trinajstić information content (AvgIpc) is 2.45. The number of nitrogens with zero attached hydrogens (tertiary/aromatic N) is 1. The molecule has 0 radical (unpaired) electrons. The molecular weight excluding hydrogens is 266 g/mol. The molecular formula is C17H21NO3. The normalized spacial score (nSPS) is 10.8. The molecule has 0 saturated carbocycles. The SMILES string of the molecule is CCCCCN(C)C(=O)c1cc2ccc(C)cc2oc1=O. The van der Waals surface area contributed by atoms with E-state index in [2.05, 4.69) is 6.92 Å². The number of amides is 1. The van der Waals surface area contributed by atoms with Gasteiger partial charge in [0, 0.05) is 19.0 Å². The third kappa shape index (κ3) is 3.51. The molecule has 112 valence electrons. The Hall–Kier alpha value is -2.10. The van der Waals surface area contributed by atoms with Crippen LogP contribution in [0.3, 0.4) is 0 Å². The van der Waals surface area contributed by atoms with Crippen LogP contribution in [0.5, 0.6) is 0 Å². The van der Waals surface area contributed by atoms with Crippen molar-refractivity contribution in [3.63, 3.8) is 0 Å². The van der Waals surface area contributed by atoms with Crippen molar-refractivity contribution in [2.24, 2.45) is 0 Å². The number of carbonyl (C=O) groups is 1. The van der Waals surface area contributed by atoms with Gasteiger partial charge in [-0.15, -0.1) is 0 Å². The Balaban J connectivity index is 2.29. The van der Waals surface area contributed by atoms with Gasteiger partial charge in [-0.05, 0) is 31.0 Å². The first-order valence-electron chi connectivity index (χ1n) is 7.33. The van der Waals surface area contributed by atoms with Gasteiger partial charge in [-0.25, -0.2) is 4.79 Å².